The van der Waals surface area contributed by atoms with Gasteiger partial charge in [0.25, 0.3) is 5.91 Å². The number of amides is 2. The maximum absolute atomic E-state index is 13.5. The molecule has 0 radical (unpaired) electrons. The Morgan fingerprint density at radius 1 is 1.00 bits per heavy atom. The van der Waals surface area contributed by atoms with Crippen molar-refractivity contribution in [1.82, 2.24) is 10.2 Å². The largest absolute Gasteiger partial charge is 0.497 e. The molecule has 0 aliphatic heterocycles. The molecule has 3 aromatic carbocycles. The highest BCUT2D eigenvalue weighted by atomic mass is 79.9. The molecule has 186 valence electrons. The van der Waals surface area contributed by atoms with E-state index in [1.807, 2.05) is 81.4 Å². The normalized spacial score (nSPS) is 12.6. The number of nitrogens with zero attached hydrogens (tertiary/aromatic N) is 1. The van der Waals surface area contributed by atoms with Crippen LogP contribution >= 0.6 is 15.9 Å². The lowest BCUT2D eigenvalue weighted by atomic mass is 10.1. The second kappa shape index (κ2) is 12.6. The van der Waals surface area contributed by atoms with Gasteiger partial charge in [-0.15, -0.1) is 0 Å². The first-order valence-corrected chi connectivity index (χ1v) is 12.7. The zero-order valence-corrected chi connectivity index (χ0v) is 22.3. The number of halogens is 1. The summed E-state index contributed by atoms with van der Waals surface area (Å²) in [6.45, 7) is 6.00. The number of nitrogens with one attached hydrogen (secondary N) is 1. The third-order valence-corrected chi connectivity index (χ3v) is 6.90. The van der Waals surface area contributed by atoms with E-state index in [1.165, 1.54) is 0 Å². The average Bonchev–Trinajstić information content (AvgIpc) is 2.88. The molecule has 7 heteroatoms. The maximum Gasteiger partial charge on any atom is 0.261 e. The zero-order chi connectivity index (χ0) is 25.4. The van der Waals surface area contributed by atoms with Gasteiger partial charge in [-0.2, -0.15) is 0 Å². The van der Waals surface area contributed by atoms with Gasteiger partial charge in [0.1, 0.15) is 17.5 Å². The summed E-state index contributed by atoms with van der Waals surface area (Å²) in [6, 6.07) is 18.7. The summed E-state index contributed by atoms with van der Waals surface area (Å²) < 4.78 is 12.0. The molecule has 3 aromatic rings. The molecule has 1 N–H and O–H groups in total. The number of ether oxygens (including phenoxy) is 2. The van der Waals surface area contributed by atoms with Crippen LogP contribution in [0.1, 0.15) is 39.2 Å². The van der Waals surface area contributed by atoms with Crippen molar-refractivity contribution in [3.8, 4) is 11.5 Å². The fourth-order valence-corrected chi connectivity index (χ4v) is 4.44. The molecule has 0 aliphatic carbocycles. The minimum atomic E-state index is -0.609. The fraction of sp³-hybridized carbons (Fsp3) is 0.357. The maximum atomic E-state index is 13.5. The summed E-state index contributed by atoms with van der Waals surface area (Å²) in [5, 5.41) is 5.10. The molecule has 35 heavy (non-hydrogen) atoms. The Morgan fingerprint density at radius 3 is 2.37 bits per heavy atom. The van der Waals surface area contributed by atoms with Crippen molar-refractivity contribution in [2.24, 2.45) is 0 Å². The predicted octanol–water partition coefficient (Wildman–Crippen LogP) is 5.71. The van der Waals surface area contributed by atoms with Crippen LogP contribution in [0, 0.1) is 0 Å². The Balaban J connectivity index is 1.82. The van der Waals surface area contributed by atoms with Crippen LogP contribution in [0.2, 0.25) is 0 Å². The first kappa shape index (κ1) is 26.5. The minimum absolute atomic E-state index is 0.0271. The van der Waals surface area contributed by atoms with Crippen molar-refractivity contribution in [1.29, 1.82) is 0 Å². The second-order valence-electron chi connectivity index (χ2n) is 8.50. The van der Waals surface area contributed by atoms with Crippen molar-refractivity contribution in [2.75, 3.05) is 13.7 Å². The van der Waals surface area contributed by atoms with Crippen LogP contribution in [-0.2, 0) is 16.1 Å². The molecule has 2 amide bonds. The van der Waals surface area contributed by atoms with Crippen molar-refractivity contribution >= 4 is 38.5 Å². The highest BCUT2D eigenvalue weighted by Crippen LogP contribution is 2.33. The lowest BCUT2D eigenvalue weighted by molar-refractivity contribution is -0.143. The van der Waals surface area contributed by atoms with Gasteiger partial charge in [-0.05, 0) is 70.2 Å². The monoisotopic (exact) mass is 540 g/mol. The molecular weight excluding hydrogens is 508 g/mol. The number of hydrogen-bond acceptors (Lipinski definition) is 4. The van der Waals surface area contributed by atoms with Gasteiger partial charge in [-0.1, -0.05) is 56.3 Å². The van der Waals surface area contributed by atoms with Crippen molar-refractivity contribution < 1.29 is 19.1 Å². The van der Waals surface area contributed by atoms with Gasteiger partial charge >= 0.3 is 0 Å². The summed E-state index contributed by atoms with van der Waals surface area (Å²) in [5.74, 6) is 0.902. The Bertz CT molecular complexity index is 1150. The smallest absolute Gasteiger partial charge is 0.261 e. The third kappa shape index (κ3) is 6.75. The van der Waals surface area contributed by atoms with E-state index in [2.05, 4.69) is 21.2 Å². The van der Waals surface area contributed by atoms with Crippen LogP contribution < -0.4 is 14.8 Å². The lowest BCUT2D eigenvalue weighted by Gasteiger charge is -2.31. The molecule has 0 aromatic heterocycles. The van der Waals surface area contributed by atoms with Gasteiger partial charge in [0.2, 0.25) is 5.91 Å². The SMILES string of the molecule is CCC(C)NC(=O)C(CC)N(Cc1ccc(OC)cc1)C(=O)COc1ccc2ccccc2c1Br. The van der Waals surface area contributed by atoms with E-state index in [0.29, 0.717) is 12.2 Å². The van der Waals surface area contributed by atoms with Crippen LogP contribution in [0.15, 0.2) is 65.1 Å². The molecule has 0 saturated heterocycles. The van der Waals surface area contributed by atoms with Crippen molar-refractivity contribution in [3.05, 3.63) is 70.7 Å². The number of benzene rings is 3. The molecule has 0 aliphatic rings. The Labute approximate surface area is 215 Å². The molecular formula is C28H33BrN2O4. The topological polar surface area (TPSA) is 67.9 Å². The standard InChI is InChI=1S/C28H33BrN2O4/c1-5-19(3)30-28(33)24(6-2)31(17-20-11-14-22(34-4)15-12-20)26(32)18-35-25-16-13-21-9-7-8-10-23(21)27(25)29/h7-16,19,24H,5-6,17-18H2,1-4H3,(H,30,33). The Morgan fingerprint density at radius 2 is 1.71 bits per heavy atom. The molecule has 0 bridgehead atoms. The number of carbonyl (C=O) groups is 2. The van der Waals surface area contributed by atoms with Crippen LogP contribution in [0.25, 0.3) is 10.8 Å². The molecule has 0 fully saturated rings. The number of fused-ring (bicyclic) bond motifs is 1. The molecule has 0 saturated carbocycles. The van der Waals surface area contributed by atoms with Gasteiger partial charge in [-0.25, -0.2) is 0 Å². The Kier molecular flexibility index (Phi) is 9.55. The minimum Gasteiger partial charge on any atom is -0.497 e. The van der Waals surface area contributed by atoms with Gasteiger partial charge in [0.05, 0.1) is 11.6 Å². The van der Waals surface area contributed by atoms with E-state index in [1.54, 1.807) is 12.0 Å². The number of carbonyl (C=O) groups excluding carboxylic acids is 2. The highest BCUT2D eigenvalue weighted by Gasteiger charge is 2.29. The summed E-state index contributed by atoms with van der Waals surface area (Å²) in [6.07, 6.45) is 1.30. The van der Waals surface area contributed by atoms with Gasteiger partial charge in [0, 0.05) is 12.6 Å². The summed E-state index contributed by atoms with van der Waals surface area (Å²) in [5.41, 5.74) is 0.904. The summed E-state index contributed by atoms with van der Waals surface area (Å²) in [7, 11) is 1.61. The molecule has 6 nitrogen and oxygen atoms in total. The number of hydrogen-bond donors (Lipinski definition) is 1. The fourth-order valence-electron chi connectivity index (χ4n) is 3.84. The van der Waals surface area contributed by atoms with Crippen LogP contribution in [0.5, 0.6) is 11.5 Å². The van der Waals surface area contributed by atoms with Crippen LogP contribution in [0.3, 0.4) is 0 Å². The van der Waals surface area contributed by atoms with Crippen LogP contribution in [-0.4, -0.2) is 42.5 Å². The predicted molar refractivity (Wildman–Crippen MR) is 143 cm³/mol. The molecule has 0 heterocycles. The molecule has 0 spiro atoms. The first-order valence-electron chi connectivity index (χ1n) is 11.9. The van der Waals surface area contributed by atoms with E-state index in [0.717, 1.165) is 33.0 Å². The molecule has 2 unspecified atom stereocenters. The third-order valence-electron chi connectivity index (χ3n) is 6.08. The number of methoxy groups -OCH3 is 1. The van der Waals surface area contributed by atoms with Crippen molar-refractivity contribution in [3.63, 3.8) is 0 Å². The van der Waals surface area contributed by atoms with E-state index >= 15 is 0 Å². The first-order chi connectivity index (χ1) is 16.9. The molecule has 2 atom stereocenters. The van der Waals surface area contributed by atoms with E-state index in [9.17, 15) is 9.59 Å². The van der Waals surface area contributed by atoms with Crippen LogP contribution in [0.4, 0.5) is 0 Å². The van der Waals surface area contributed by atoms with E-state index in [4.69, 9.17) is 9.47 Å². The van der Waals surface area contributed by atoms with E-state index in [-0.39, 0.29) is 31.0 Å². The lowest BCUT2D eigenvalue weighted by Crippen LogP contribution is -2.51. The van der Waals surface area contributed by atoms with Gasteiger partial charge in [-0.3, -0.25) is 9.59 Å². The van der Waals surface area contributed by atoms with Gasteiger partial charge in [0.15, 0.2) is 6.61 Å². The summed E-state index contributed by atoms with van der Waals surface area (Å²) >= 11 is 3.61. The van der Waals surface area contributed by atoms with Gasteiger partial charge < -0.3 is 19.7 Å². The highest BCUT2D eigenvalue weighted by molar-refractivity contribution is 9.10. The average molecular weight is 541 g/mol. The molecule has 3 rings (SSSR count). The Hall–Kier alpha value is -3.06. The van der Waals surface area contributed by atoms with E-state index < -0.39 is 6.04 Å². The number of rotatable bonds is 11. The quantitative estimate of drug-likeness (QED) is 0.338. The zero-order valence-electron chi connectivity index (χ0n) is 20.7. The van der Waals surface area contributed by atoms with Crippen molar-refractivity contribution in [2.45, 2.75) is 52.2 Å². The second-order valence-corrected chi connectivity index (χ2v) is 9.29. The summed E-state index contributed by atoms with van der Waals surface area (Å²) in [4.78, 5) is 28.1.